The largest absolute Gasteiger partial charge is 0.350 e. The quantitative estimate of drug-likeness (QED) is 0.541. The third kappa shape index (κ3) is 5.20. The molecular formula is C18H20ClN3O5S. The van der Waals surface area contributed by atoms with E-state index in [0.29, 0.717) is 10.6 Å². The second kappa shape index (κ2) is 8.57. The number of hydrogen-bond donors (Lipinski definition) is 1. The number of sulfonamides is 1. The molecule has 0 heterocycles. The number of non-ortho nitro benzene ring substituents is 1. The van der Waals surface area contributed by atoms with Crippen molar-refractivity contribution < 1.29 is 18.1 Å². The van der Waals surface area contributed by atoms with Crippen LogP contribution in [0.3, 0.4) is 0 Å². The molecule has 0 saturated heterocycles. The van der Waals surface area contributed by atoms with E-state index in [0.717, 1.165) is 22.2 Å². The van der Waals surface area contributed by atoms with Gasteiger partial charge in [0.1, 0.15) is 6.04 Å². The Morgan fingerprint density at radius 2 is 1.86 bits per heavy atom. The minimum atomic E-state index is -3.88. The van der Waals surface area contributed by atoms with Gasteiger partial charge in [-0.1, -0.05) is 29.8 Å². The predicted molar refractivity (Wildman–Crippen MR) is 108 cm³/mol. The summed E-state index contributed by atoms with van der Waals surface area (Å²) in [5, 5.41) is 14.3. The van der Waals surface area contributed by atoms with Gasteiger partial charge in [0.15, 0.2) is 0 Å². The Labute approximate surface area is 168 Å². The first-order chi connectivity index (χ1) is 13.0. The van der Waals surface area contributed by atoms with Gasteiger partial charge in [-0.2, -0.15) is 0 Å². The average Bonchev–Trinajstić information content (AvgIpc) is 2.61. The Balaban J connectivity index is 2.30. The van der Waals surface area contributed by atoms with Crippen LogP contribution in [0, 0.1) is 17.0 Å². The van der Waals surface area contributed by atoms with E-state index in [9.17, 15) is 23.3 Å². The summed E-state index contributed by atoms with van der Waals surface area (Å²) in [5.74, 6) is -0.536. The standard InChI is InChI=1S/C18H20ClN3O5S/c1-12-4-9-16(22(24)25)10-17(12)21(28(3,26)27)13(2)18(23)20-11-14-5-7-15(19)8-6-14/h4-10,13H,11H2,1-3H3,(H,20,23). The van der Waals surface area contributed by atoms with Crippen LogP contribution in [0.15, 0.2) is 42.5 Å². The van der Waals surface area contributed by atoms with Crippen molar-refractivity contribution in [3.8, 4) is 0 Å². The van der Waals surface area contributed by atoms with Crippen molar-refractivity contribution in [2.24, 2.45) is 0 Å². The van der Waals surface area contributed by atoms with Crippen molar-refractivity contribution >= 4 is 38.9 Å². The molecule has 1 atom stereocenters. The zero-order valence-electron chi connectivity index (χ0n) is 15.5. The molecule has 2 aromatic rings. The monoisotopic (exact) mass is 425 g/mol. The molecular weight excluding hydrogens is 406 g/mol. The molecule has 0 fully saturated rings. The van der Waals surface area contributed by atoms with Gasteiger partial charge >= 0.3 is 0 Å². The number of amides is 1. The van der Waals surface area contributed by atoms with Crippen molar-refractivity contribution in [2.75, 3.05) is 10.6 Å². The number of carbonyl (C=O) groups is 1. The molecule has 1 amide bonds. The minimum Gasteiger partial charge on any atom is -0.350 e. The smallest absolute Gasteiger partial charge is 0.271 e. The number of rotatable bonds is 7. The molecule has 0 aliphatic carbocycles. The van der Waals surface area contributed by atoms with Crippen LogP contribution in [0.4, 0.5) is 11.4 Å². The number of nitro groups is 1. The van der Waals surface area contributed by atoms with Crippen LogP contribution in [0.1, 0.15) is 18.1 Å². The fourth-order valence-corrected chi connectivity index (χ4v) is 4.02. The third-order valence-corrected chi connectivity index (χ3v) is 5.59. The van der Waals surface area contributed by atoms with E-state index in [1.54, 1.807) is 31.2 Å². The van der Waals surface area contributed by atoms with Crippen molar-refractivity contribution in [3.05, 3.63) is 68.7 Å². The molecule has 0 radical (unpaired) electrons. The second-order valence-electron chi connectivity index (χ2n) is 6.31. The van der Waals surface area contributed by atoms with Gasteiger partial charge in [-0.25, -0.2) is 8.42 Å². The number of nitrogens with one attached hydrogen (secondary N) is 1. The van der Waals surface area contributed by atoms with Gasteiger partial charge in [-0.15, -0.1) is 0 Å². The summed E-state index contributed by atoms with van der Waals surface area (Å²) >= 11 is 5.83. The van der Waals surface area contributed by atoms with E-state index in [1.807, 2.05) is 0 Å². The first-order valence-corrected chi connectivity index (χ1v) is 10.5. The Hall–Kier alpha value is -2.65. The molecule has 0 aromatic heterocycles. The van der Waals surface area contributed by atoms with E-state index in [4.69, 9.17) is 11.6 Å². The van der Waals surface area contributed by atoms with Gasteiger partial charge in [-0.05, 0) is 37.1 Å². The number of halogens is 1. The highest BCUT2D eigenvalue weighted by molar-refractivity contribution is 7.92. The van der Waals surface area contributed by atoms with Gasteiger partial charge < -0.3 is 5.32 Å². The van der Waals surface area contributed by atoms with E-state index in [2.05, 4.69) is 5.32 Å². The van der Waals surface area contributed by atoms with E-state index < -0.39 is 26.9 Å². The molecule has 0 saturated carbocycles. The fourth-order valence-electron chi connectivity index (χ4n) is 2.67. The maximum atomic E-state index is 12.6. The number of carbonyl (C=O) groups excluding carboxylic acids is 1. The molecule has 0 spiro atoms. The van der Waals surface area contributed by atoms with Crippen LogP contribution < -0.4 is 9.62 Å². The van der Waals surface area contributed by atoms with Gasteiger partial charge in [0.05, 0.1) is 16.9 Å². The maximum absolute atomic E-state index is 12.6. The number of nitro benzene ring substituents is 1. The zero-order valence-corrected chi connectivity index (χ0v) is 17.1. The van der Waals surface area contributed by atoms with Gasteiger partial charge in [0.25, 0.3) is 5.69 Å². The molecule has 0 bridgehead atoms. The molecule has 0 aliphatic heterocycles. The SMILES string of the molecule is Cc1ccc([N+](=O)[O-])cc1N(C(C)C(=O)NCc1ccc(Cl)cc1)S(C)(=O)=O. The lowest BCUT2D eigenvalue weighted by Crippen LogP contribution is -2.48. The molecule has 2 rings (SSSR count). The lowest BCUT2D eigenvalue weighted by molar-refractivity contribution is -0.384. The van der Waals surface area contributed by atoms with Crippen molar-refractivity contribution in [1.82, 2.24) is 5.32 Å². The Morgan fingerprint density at radius 1 is 1.25 bits per heavy atom. The van der Waals surface area contributed by atoms with Crippen LogP contribution >= 0.6 is 11.6 Å². The third-order valence-electron chi connectivity index (χ3n) is 4.11. The summed E-state index contributed by atoms with van der Waals surface area (Å²) in [7, 11) is -3.88. The Kier molecular flexibility index (Phi) is 6.63. The highest BCUT2D eigenvalue weighted by Gasteiger charge is 2.31. The van der Waals surface area contributed by atoms with E-state index in [-0.39, 0.29) is 17.9 Å². The maximum Gasteiger partial charge on any atom is 0.271 e. The molecule has 8 nitrogen and oxygen atoms in total. The van der Waals surface area contributed by atoms with Crippen LogP contribution in [0.25, 0.3) is 0 Å². The normalized spacial score (nSPS) is 12.3. The summed E-state index contributed by atoms with van der Waals surface area (Å²) in [6.45, 7) is 3.23. The Morgan fingerprint density at radius 3 is 2.39 bits per heavy atom. The van der Waals surface area contributed by atoms with E-state index in [1.165, 1.54) is 19.1 Å². The molecule has 10 heteroatoms. The topological polar surface area (TPSA) is 110 Å². The summed E-state index contributed by atoms with van der Waals surface area (Å²) < 4.78 is 25.7. The van der Waals surface area contributed by atoms with Crippen LogP contribution in [0.2, 0.25) is 5.02 Å². The predicted octanol–water partition coefficient (Wildman–Crippen LogP) is 3.03. The van der Waals surface area contributed by atoms with Crippen molar-refractivity contribution in [2.45, 2.75) is 26.4 Å². The van der Waals surface area contributed by atoms with Crippen molar-refractivity contribution in [1.29, 1.82) is 0 Å². The molecule has 1 unspecified atom stereocenters. The zero-order chi connectivity index (χ0) is 21.1. The average molecular weight is 426 g/mol. The number of anilines is 1. The molecule has 150 valence electrons. The molecule has 28 heavy (non-hydrogen) atoms. The highest BCUT2D eigenvalue weighted by Crippen LogP contribution is 2.29. The van der Waals surface area contributed by atoms with Crippen LogP contribution in [-0.4, -0.2) is 31.5 Å². The van der Waals surface area contributed by atoms with Gasteiger partial charge in [-0.3, -0.25) is 19.2 Å². The fraction of sp³-hybridized carbons (Fsp3) is 0.278. The van der Waals surface area contributed by atoms with Gasteiger partial charge in [0, 0.05) is 23.7 Å². The second-order valence-corrected chi connectivity index (χ2v) is 8.60. The Bertz CT molecular complexity index is 993. The van der Waals surface area contributed by atoms with Crippen LogP contribution in [0.5, 0.6) is 0 Å². The summed E-state index contributed by atoms with van der Waals surface area (Å²) in [4.78, 5) is 23.1. The first kappa shape index (κ1) is 21.6. The number of benzene rings is 2. The van der Waals surface area contributed by atoms with Crippen molar-refractivity contribution in [3.63, 3.8) is 0 Å². The highest BCUT2D eigenvalue weighted by atomic mass is 35.5. The number of nitrogens with zero attached hydrogens (tertiary/aromatic N) is 2. The lowest BCUT2D eigenvalue weighted by Gasteiger charge is -2.29. The number of aryl methyl sites for hydroxylation is 1. The van der Waals surface area contributed by atoms with Gasteiger partial charge in [0.2, 0.25) is 15.9 Å². The van der Waals surface area contributed by atoms with E-state index >= 15 is 0 Å². The number of hydrogen-bond acceptors (Lipinski definition) is 5. The molecule has 2 aromatic carbocycles. The van der Waals surface area contributed by atoms with Crippen LogP contribution in [-0.2, 0) is 21.4 Å². The summed E-state index contributed by atoms with van der Waals surface area (Å²) in [5.41, 5.74) is 1.12. The molecule has 1 N–H and O–H groups in total. The first-order valence-electron chi connectivity index (χ1n) is 8.27. The summed E-state index contributed by atoms with van der Waals surface area (Å²) in [6, 6.07) is 9.62. The minimum absolute atomic E-state index is 0.0887. The lowest BCUT2D eigenvalue weighted by atomic mass is 10.1. The molecule has 0 aliphatic rings. The summed E-state index contributed by atoms with van der Waals surface area (Å²) in [6.07, 6.45) is 0.953.